The molecule has 2 N–H and O–H groups in total. The smallest absolute Gasteiger partial charge is 0.320 e. The van der Waals surface area contributed by atoms with Gasteiger partial charge in [-0.3, -0.25) is 14.5 Å². The lowest BCUT2D eigenvalue weighted by Crippen LogP contribution is -2.40. The number of carboxylic acids is 1. The predicted octanol–water partition coefficient (Wildman–Crippen LogP) is 2.09. The first-order chi connectivity index (χ1) is 9.47. The molecular formula is C14H17IN2O3. The summed E-state index contributed by atoms with van der Waals surface area (Å²) in [5, 5.41) is 11.9. The second-order valence-electron chi connectivity index (χ2n) is 4.97. The van der Waals surface area contributed by atoms with Gasteiger partial charge in [0.25, 0.3) is 0 Å². The monoisotopic (exact) mass is 388 g/mol. The summed E-state index contributed by atoms with van der Waals surface area (Å²) in [5.74, 6) is -1.01. The lowest BCUT2D eigenvalue weighted by molar-refractivity contribution is -0.142. The Hall–Kier alpha value is -1.15. The van der Waals surface area contributed by atoms with E-state index < -0.39 is 12.0 Å². The molecular weight excluding hydrogens is 371 g/mol. The maximum atomic E-state index is 12.0. The maximum Gasteiger partial charge on any atom is 0.320 e. The molecule has 0 saturated carbocycles. The third-order valence-electron chi connectivity index (χ3n) is 3.46. The van der Waals surface area contributed by atoms with Gasteiger partial charge in [0.2, 0.25) is 5.91 Å². The Labute approximate surface area is 131 Å². The van der Waals surface area contributed by atoms with Crippen molar-refractivity contribution in [3.8, 4) is 0 Å². The van der Waals surface area contributed by atoms with Crippen LogP contribution in [-0.4, -0.2) is 41.0 Å². The molecule has 20 heavy (non-hydrogen) atoms. The number of carbonyl (C=O) groups is 2. The zero-order valence-corrected chi connectivity index (χ0v) is 13.4. The summed E-state index contributed by atoms with van der Waals surface area (Å²) in [4.78, 5) is 24.8. The average Bonchev–Trinajstić information content (AvgIpc) is 2.81. The molecule has 1 atom stereocenters. The third kappa shape index (κ3) is 3.69. The number of hydrogen-bond donors (Lipinski definition) is 2. The zero-order valence-electron chi connectivity index (χ0n) is 11.2. The Bertz CT molecular complexity index is 533. The van der Waals surface area contributed by atoms with Crippen LogP contribution >= 0.6 is 22.6 Å². The molecule has 2 rings (SSSR count). The number of aryl methyl sites for hydroxylation is 1. The number of rotatable bonds is 4. The number of halogens is 1. The van der Waals surface area contributed by atoms with Crippen molar-refractivity contribution in [2.45, 2.75) is 25.8 Å². The second kappa shape index (κ2) is 6.53. The van der Waals surface area contributed by atoms with Gasteiger partial charge in [0.15, 0.2) is 0 Å². The number of nitrogens with zero attached hydrogens (tertiary/aromatic N) is 1. The van der Waals surface area contributed by atoms with Crippen molar-refractivity contribution in [3.63, 3.8) is 0 Å². The fraction of sp³-hybridized carbons (Fsp3) is 0.429. The van der Waals surface area contributed by atoms with Crippen LogP contribution in [0, 0.1) is 10.5 Å². The number of hydrogen-bond acceptors (Lipinski definition) is 3. The van der Waals surface area contributed by atoms with Gasteiger partial charge in [0.1, 0.15) is 6.04 Å². The average molecular weight is 388 g/mol. The quantitative estimate of drug-likeness (QED) is 0.776. The van der Waals surface area contributed by atoms with Gasteiger partial charge in [-0.1, -0.05) is 0 Å². The number of likely N-dealkylation sites (tertiary alicyclic amines) is 1. The van der Waals surface area contributed by atoms with Crippen LogP contribution < -0.4 is 5.32 Å². The van der Waals surface area contributed by atoms with E-state index in [1.807, 2.05) is 25.1 Å². The highest BCUT2D eigenvalue weighted by Crippen LogP contribution is 2.19. The van der Waals surface area contributed by atoms with Gasteiger partial charge in [0, 0.05) is 9.26 Å². The van der Waals surface area contributed by atoms with E-state index in [9.17, 15) is 9.59 Å². The molecule has 1 aromatic rings. The van der Waals surface area contributed by atoms with Crippen molar-refractivity contribution >= 4 is 40.2 Å². The minimum Gasteiger partial charge on any atom is -0.480 e. The lowest BCUT2D eigenvalue weighted by atomic mass is 10.2. The highest BCUT2D eigenvalue weighted by Gasteiger charge is 2.31. The maximum absolute atomic E-state index is 12.0. The van der Waals surface area contributed by atoms with Crippen LogP contribution in [0.5, 0.6) is 0 Å². The van der Waals surface area contributed by atoms with E-state index in [1.54, 1.807) is 4.90 Å². The molecule has 1 amide bonds. The molecule has 1 heterocycles. The van der Waals surface area contributed by atoms with Crippen molar-refractivity contribution in [2.24, 2.45) is 0 Å². The summed E-state index contributed by atoms with van der Waals surface area (Å²) in [5.41, 5.74) is 1.78. The summed E-state index contributed by atoms with van der Waals surface area (Å²) in [6.45, 7) is 2.73. The fourth-order valence-electron chi connectivity index (χ4n) is 2.44. The molecule has 1 aliphatic heterocycles. The van der Waals surface area contributed by atoms with Crippen LogP contribution in [0.4, 0.5) is 5.69 Å². The normalized spacial score (nSPS) is 19.0. The summed E-state index contributed by atoms with van der Waals surface area (Å²) in [6.07, 6.45) is 1.44. The summed E-state index contributed by atoms with van der Waals surface area (Å²) < 4.78 is 1.11. The molecule has 1 aliphatic rings. The first-order valence-electron chi connectivity index (χ1n) is 6.50. The fourth-order valence-corrected chi connectivity index (χ4v) is 3.08. The summed E-state index contributed by atoms with van der Waals surface area (Å²) in [6, 6.07) is 5.26. The molecule has 108 valence electrons. The Morgan fingerprint density at radius 1 is 1.50 bits per heavy atom. The van der Waals surface area contributed by atoms with Crippen molar-refractivity contribution in [1.82, 2.24) is 4.90 Å². The largest absolute Gasteiger partial charge is 0.480 e. The predicted molar refractivity (Wildman–Crippen MR) is 84.8 cm³/mol. The Morgan fingerprint density at radius 3 is 2.90 bits per heavy atom. The number of aliphatic carboxylic acids is 1. The molecule has 0 spiro atoms. The highest BCUT2D eigenvalue weighted by atomic mass is 127. The molecule has 5 nitrogen and oxygen atoms in total. The van der Waals surface area contributed by atoms with Gasteiger partial charge in [-0.25, -0.2) is 0 Å². The highest BCUT2D eigenvalue weighted by molar-refractivity contribution is 14.1. The number of benzene rings is 1. The van der Waals surface area contributed by atoms with E-state index in [0.717, 1.165) is 21.2 Å². The molecule has 1 fully saturated rings. The second-order valence-corrected chi connectivity index (χ2v) is 6.22. The van der Waals surface area contributed by atoms with E-state index >= 15 is 0 Å². The number of nitrogens with one attached hydrogen (secondary N) is 1. The van der Waals surface area contributed by atoms with Crippen molar-refractivity contribution < 1.29 is 14.7 Å². The van der Waals surface area contributed by atoms with Crippen molar-refractivity contribution in [1.29, 1.82) is 0 Å². The SMILES string of the molecule is Cc1cc(I)ccc1NC(=O)CN1CCC[C@H]1C(=O)O. The van der Waals surface area contributed by atoms with Crippen LogP contribution in [0.1, 0.15) is 18.4 Å². The van der Waals surface area contributed by atoms with E-state index in [1.165, 1.54) is 0 Å². The van der Waals surface area contributed by atoms with E-state index in [-0.39, 0.29) is 12.5 Å². The van der Waals surface area contributed by atoms with Gasteiger partial charge in [-0.2, -0.15) is 0 Å². The van der Waals surface area contributed by atoms with Crippen LogP contribution in [0.15, 0.2) is 18.2 Å². The van der Waals surface area contributed by atoms with Crippen molar-refractivity contribution in [3.05, 3.63) is 27.3 Å². The summed E-state index contributed by atoms with van der Waals surface area (Å²) in [7, 11) is 0. The number of carboxylic acid groups (broad SMARTS) is 1. The first-order valence-corrected chi connectivity index (χ1v) is 7.58. The minimum absolute atomic E-state index is 0.127. The minimum atomic E-state index is -0.847. The van der Waals surface area contributed by atoms with Crippen LogP contribution in [-0.2, 0) is 9.59 Å². The summed E-state index contributed by atoms with van der Waals surface area (Å²) >= 11 is 2.22. The van der Waals surface area contributed by atoms with Gasteiger partial charge in [0.05, 0.1) is 6.54 Å². The third-order valence-corrected chi connectivity index (χ3v) is 4.13. The standard InChI is InChI=1S/C14H17IN2O3/c1-9-7-10(15)4-5-11(9)16-13(18)8-17-6-2-3-12(17)14(19)20/h4-5,7,12H,2-3,6,8H2,1H3,(H,16,18)(H,19,20)/t12-/m0/s1. The van der Waals surface area contributed by atoms with E-state index in [0.29, 0.717) is 13.0 Å². The molecule has 0 aliphatic carbocycles. The lowest BCUT2D eigenvalue weighted by Gasteiger charge is -2.20. The molecule has 6 heteroatoms. The van der Waals surface area contributed by atoms with Gasteiger partial charge in [-0.15, -0.1) is 0 Å². The van der Waals surface area contributed by atoms with Gasteiger partial charge in [-0.05, 0) is 72.7 Å². The number of carbonyl (C=O) groups excluding carboxylic acids is 1. The van der Waals surface area contributed by atoms with E-state index in [2.05, 4.69) is 27.9 Å². The molecule has 1 saturated heterocycles. The first kappa shape index (κ1) is 15.2. The Morgan fingerprint density at radius 2 is 2.25 bits per heavy atom. The zero-order chi connectivity index (χ0) is 14.7. The van der Waals surface area contributed by atoms with Gasteiger partial charge >= 0.3 is 5.97 Å². The van der Waals surface area contributed by atoms with E-state index in [4.69, 9.17) is 5.11 Å². The molecule has 1 aromatic carbocycles. The molecule has 0 bridgehead atoms. The Balaban J connectivity index is 1.97. The van der Waals surface area contributed by atoms with Crippen molar-refractivity contribution in [2.75, 3.05) is 18.4 Å². The Kier molecular flexibility index (Phi) is 4.98. The number of anilines is 1. The number of amides is 1. The topological polar surface area (TPSA) is 69.6 Å². The van der Waals surface area contributed by atoms with Gasteiger partial charge < -0.3 is 10.4 Å². The van der Waals surface area contributed by atoms with Crippen LogP contribution in [0.25, 0.3) is 0 Å². The molecule has 0 unspecified atom stereocenters. The molecule has 0 aromatic heterocycles. The van der Waals surface area contributed by atoms with Crippen LogP contribution in [0.3, 0.4) is 0 Å². The molecule has 0 radical (unpaired) electrons. The van der Waals surface area contributed by atoms with Crippen LogP contribution in [0.2, 0.25) is 0 Å².